The summed E-state index contributed by atoms with van der Waals surface area (Å²) in [5.74, 6) is 0.536. The average Bonchev–Trinajstić information content (AvgIpc) is 3.20. The number of nitrogens with one attached hydrogen (secondary N) is 2. The molecular formula is C21H32N3O4PS2. The average molecular weight is 486 g/mol. The van der Waals surface area contributed by atoms with Crippen molar-refractivity contribution in [2.75, 3.05) is 0 Å². The second kappa shape index (κ2) is 8.58. The van der Waals surface area contributed by atoms with E-state index in [0.29, 0.717) is 23.2 Å². The Morgan fingerprint density at radius 2 is 2.23 bits per heavy atom. The zero-order valence-corrected chi connectivity index (χ0v) is 21.1. The number of hydrogen-bond donors (Lipinski definition) is 2. The molecular weight excluding hydrogens is 453 g/mol. The summed E-state index contributed by atoms with van der Waals surface area (Å²) in [5.41, 5.74) is -1.58. The quantitative estimate of drug-likeness (QED) is 0.482. The van der Waals surface area contributed by atoms with Crippen LogP contribution in [0.3, 0.4) is 0 Å². The van der Waals surface area contributed by atoms with E-state index in [4.69, 9.17) is 21.1 Å². The van der Waals surface area contributed by atoms with Crippen LogP contribution in [0.25, 0.3) is 0 Å². The lowest BCUT2D eigenvalue weighted by Crippen LogP contribution is -2.41. The molecule has 0 aromatic carbocycles. The Kier molecular flexibility index (Phi) is 6.49. The van der Waals surface area contributed by atoms with E-state index in [0.717, 1.165) is 25.7 Å². The van der Waals surface area contributed by atoms with Crippen LogP contribution in [0.5, 0.6) is 0 Å². The van der Waals surface area contributed by atoms with E-state index in [1.807, 2.05) is 0 Å². The predicted octanol–water partition coefficient (Wildman–Crippen LogP) is 3.99. The molecule has 31 heavy (non-hydrogen) atoms. The minimum atomic E-state index is -2.30. The van der Waals surface area contributed by atoms with Gasteiger partial charge in [0.25, 0.3) is 5.56 Å². The minimum Gasteiger partial charge on any atom is -0.353 e. The highest BCUT2D eigenvalue weighted by molar-refractivity contribution is 8.69. The summed E-state index contributed by atoms with van der Waals surface area (Å²) in [6.07, 6.45) is 5.61. The van der Waals surface area contributed by atoms with Crippen molar-refractivity contribution >= 4 is 28.8 Å². The van der Waals surface area contributed by atoms with Gasteiger partial charge in [-0.25, -0.2) is 4.79 Å². The summed E-state index contributed by atoms with van der Waals surface area (Å²) in [4.78, 5) is 26.4. The van der Waals surface area contributed by atoms with E-state index in [1.54, 1.807) is 24.5 Å². The molecule has 7 atom stereocenters. The van der Waals surface area contributed by atoms with Crippen LogP contribution >= 0.6 is 17.0 Å². The Hall–Kier alpha value is -0.700. The molecule has 0 radical (unpaired) electrons. The van der Waals surface area contributed by atoms with E-state index < -0.39 is 17.5 Å². The zero-order valence-electron chi connectivity index (χ0n) is 18.6. The number of aryl methyl sites for hydroxylation is 1. The van der Waals surface area contributed by atoms with Gasteiger partial charge >= 0.3 is 5.69 Å². The molecule has 172 valence electrons. The lowest BCUT2D eigenvalue weighted by Gasteiger charge is -2.38. The highest BCUT2D eigenvalue weighted by Gasteiger charge is 2.53. The van der Waals surface area contributed by atoms with Gasteiger partial charge in [-0.1, -0.05) is 30.5 Å². The van der Waals surface area contributed by atoms with Crippen LogP contribution in [0, 0.1) is 12.8 Å². The van der Waals surface area contributed by atoms with Gasteiger partial charge < -0.3 is 9.26 Å². The monoisotopic (exact) mass is 485 g/mol. The van der Waals surface area contributed by atoms with Gasteiger partial charge in [0.15, 0.2) is 5.62 Å². The highest BCUT2D eigenvalue weighted by Crippen LogP contribution is 2.72. The van der Waals surface area contributed by atoms with Gasteiger partial charge in [0.1, 0.15) is 6.23 Å². The molecule has 2 N–H and O–H groups in total. The normalized spacial score (nSPS) is 40.1. The third-order valence-electron chi connectivity index (χ3n) is 6.88. The van der Waals surface area contributed by atoms with Crippen molar-refractivity contribution in [2.45, 2.75) is 89.0 Å². The first-order valence-corrected chi connectivity index (χ1v) is 15.1. The Bertz CT molecular complexity index is 1040. The third kappa shape index (κ3) is 4.55. The molecule has 3 heterocycles. The summed E-state index contributed by atoms with van der Waals surface area (Å²) in [6.45, 7) is 12.2. The lowest BCUT2D eigenvalue weighted by molar-refractivity contribution is -0.00516. The topological polar surface area (TPSA) is 85.4 Å². The molecule has 0 amide bonds. The molecule has 0 spiro atoms. The van der Waals surface area contributed by atoms with Crippen molar-refractivity contribution in [1.82, 2.24) is 14.6 Å². The van der Waals surface area contributed by atoms with Crippen molar-refractivity contribution in [2.24, 2.45) is 5.92 Å². The van der Waals surface area contributed by atoms with Crippen LogP contribution in [-0.4, -0.2) is 32.5 Å². The SMILES string of the molecule is C=C(C)[C@H]1CC[C@@]2(C)O[P@](=S)(N[C@H]3C[C@H](n4cc(C)c(=O)[nH]c4=O)O[C@@H]3CC)S[C@@H]2C1. The number of nitrogens with zero attached hydrogens (tertiary/aromatic N) is 1. The first-order chi connectivity index (χ1) is 14.5. The molecule has 1 aliphatic carbocycles. The van der Waals surface area contributed by atoms with Crippen LogP contribution in [0.15, 0.2) is 27.9 Å². The molecule has 0 unspecified atom stereocenters. The van der Waals surface area contributed by atoms with E-state index >= 15 is 0 Å². The fourth-order valence-electron chi connectivity index (χ4n) is 4.89. The number of aromatic amines is 1. The van der Waals surface area contributed by atoms with E-state index in [1.165, 1.54) is 10.1 Å². The Morgan fingerprint density at radius 3 is 2.90 bits per heavy atom. The third-order valence-corrected chi connectivity index (χ3v) is 12.9. The van der Waals surface area contributed by atoms with Crippen molar-refractivity contribution in [3.8, 4) is 0 Å². The van der Waals surface area contributed by atoms with Gasteiger partial charge in [-0.05, 0) is 64.2 Å². The zero-order chi connectivity index (χ0) is 22.6. The molecule has 10 heteroatoms. The van der Waals surface area contributed by atoms with Gasteiger partial charge in [0.2, 0.25) is 0 Å². The molecule has 1 aromatic heterocycles. The molecule has 2 saturated heterocycles. The van der Waals surface area contributed by atoms with Crippen molar-refractivity contribution in [1.29, 1.82) is 0 Å². The summed E-state index contributed by atoms with van der Waals surface area (Å²) in [6, 6.07) is -0.00634. The molecule has 0 bridgehead atoms. The molecule has 7 nitrogen and oxygen atoms in total. The number of H-pyrrole nitrogens is 1. The molecule has 1 aromatic rings. The van der Waals surface area contributed by atoms with Gasteiger partial charge in [0, 0.05) is 29.5 Å². The van der Waals surface area contributed by atoms with Crippen LogP contribution in [0.2, 0.25) is 0 Å². The van der Waals surface area contributed by atoms with Crippen molar-refractivity contribution < 1.29 is 9.26 Å². The smallest absolute Gasteiger partial charge is 0.330 e. The first kappa shape index (κ1) is 23.5. The second-order valence-electron chi connectivity index (χ2n) is 9.30. The minimum absolute atomic E-state index is 0.00634. The maximum atomic E-state index is 12.3. The summed E-state index contributed by atoms with van der Waals surface area (Å²) in [5, 5.41) is 4.02. The van der Waals surface area contributed by atoms with Gasteiger partial charge in [-0.2, -0.15) is 0 Å². The van der Waals surface area contributed by atoms with E-state index in [2.05, 4.69) is 37.4 Å². The summed E-state index contributed by atoms with van der Waals surface area (Å²) >= 11 is 7.86. The number of hydrogen-bond acceptors (Lipinski definition) is 6. The Balaban J connectivity index is 1.51. The fourth-order valence-corrected chi connectivity index (χ4v) is 12.6. The molecule has 4 rings (SSSR count). The van der Waals surface area contributed by atoms with E-state index in [9.17, 15) is 9.59 Å². The Labute approximate surface area is 192 Å². The van der Waals surface area contributed by atoms with Crippen molar-refractivity contribution in [3.63, 3.8) is 0 Å². The van der Waals surface area contributed by atoms with Crippen molar-refractivity contribution in [3.05, 3.63) is 44.8 Å². The highest BCUT2D eigenvalue weighted by atomic mass is 32.9. The van der Waals surface area contributed by atoms with E-state index in [-0.39, 0.29) is 23.3 Å². The summed E-state index contributed by atoms with van der Waals surface area (Å²) < 4.78 is 14.3. The largest absolute Gasteiger partial charge is 0.353 e. The van der Waals surface area contributed by atoms with Crippen LogP contribution < -0.4 is 16.3 Å². The lowest BCUT2D eigenvalue weighted by atomic mass is 9.77. The van der Waals surface area contributed by atoms with Crippen LogP contribution in [-0.2, 0) is 21.1 Å². The number of aromatic nitrogens is 2. The molecule has 3 aliphatic rings. The van der Waals surface area contributed by atoms with Crippen LogP contribution in [0.1, 0.15) is 64.7 Å². The second-order valence-corrected chi connectivity index (χ2v) is 15.9. The first-order valence-electron chi connectivity index (χ1n) is 10.9. The molecule has 1 saturated carbocycles. The summed E-state index contributed by atoms with van der Waals surface area (Å²) in [7, 11) is 0. The standard InChI is InChI=1S/C21H32N3O4PS2/c1-6-16-15(10-18(27-16)24-11-13(4)19(25)22-20(24)26)23-29(30)28-21(5)8-7-14(12(2)3)9-17(21)31-29/h11,14-18H,2,6-10H2,1,3-5H3,(H,23,30)(H,22,25,26)/t14-,15-,16+,17+,18+,21+,29-/m0/s1. The van der Waals surface area contributed by atoms with Gasteiger partial charge in [-0.3, -0.25) is 19.4 Å². The number of allylic oxidation sites excluding steroid dienone is 1. The van der Waals surface area contributed by atoms with Crippen LogP contribution in [0.4, 0.5) is 0 Å². The maximum absolute atomic E-state index is 12.3. The Morgan fingerprint density at radius 1 is 1.48 bits per heavy atom. The predicted molar refractivity (Wildman–Crippen MR) is 129 cm³/mol. The molecule has 3 fully saturated rings. The van der Waals surface area contributed by atoms with Gasteiger partial charge in [0.05, 0.1) is 11.7 Å². The van der Waals surface area contributed by atoms with Gasteiger partial charge in [-0.15, -0.1) is 0 Å². The maximum Gasteiger partial charge on any atom is 0.330 e. The fraction of sp³-hybridized carbons (Fsp3) is 0.714. The number of fused-ring (bicyclic) bond motifs is 1. The molecule has 2 aliphatic heterocycles. The number of ether oxygens (including phenoxy) is 1. The number of rotatable bonds is 5.